The van der Waals surface area contributed by atoms with Crippen LogP contribution >= 0.6 is 0 Å². The summed E-state index contributed by atoms with van der Waals surface area (Å²) in [5.41, 5.74) is 7.28. The number of hydrogen-bond acceptors (Lipinski definition) is 4. The van der Waals surface area contributed by atoms with Crippen molar-refractivity contribution in [1.29, 1.82) is 0 Å². The highest BCUT2D eigenvalue weighted by molar-refractivity contribution is 5.89. The number of ether oxygens (including phenoxy) is 2. The number of carbonyl (C=O) groups is 1. The van der Waals surface area contributed by atoms with Crippen molar-refractivity contribution in [3.63, 3.8) is 0 Å². The lowest BCUT2D eigenvalue weighted by molar-refractivity contribution is 0.0697. The van der Waals surface area contributed by atoms with Crippen molar-refractivity contribution in [2.45, 2.75) is 13.0 Å². The summed E-state index contributed by atoms with van der Waals surface area (Å²) in [6, 6.07) is 7.21. The average molecular weight is 281 g/mol. The van der Waals surface area contributed by atoms with Crippen molar-refractivity contribution in [2.24, 2.45) is 5.73 Å². The van der Waals surface area contributed by atoms with Gasteiger partial charge in [0.2, 0.25) is 0 Å². The van der Waals surface area contributed by atoms with Crippen LogP contribution < -0.4 is 16.4 Å². The van der Waals surface area contributed by atoms with Crippen LogP contribution in [-0.4, -0.2) is 39.5 Å². The van der Waals surface area contributed by atoms with E-state index in [1.807, 2.05) is 24.3 Å². The van der Waals surface area contributed by atoms with E-state index in [9.17, 15) is 4.79 Å². The molecule has 0 aromatic heterocycles. The minimum atomic E-state index is -0.220. The Morgan fingerprint density at radius 3 is 2.60 bits per heavy atom. The van der Waals surface area contributed by atoms with Gasteiger partial charge in [0.25, 0.3) is 0 Å². The monoisotopic (exact) mass is 281 g/mol. The number of methoxy groups -OCH3 is 1. The summed E-state index contributed by atoms with van der Waals surface area (Å²) in [6.45, 7) is 2.84. The molecule has 0 saturated carbocycles. The topological polar surface area (TPSA) is 85.6 Å². The first kappa shape index (κ1) is 16.4. The molecule has 0 aliphatic rings. The predicted octanol–water partition coefficient (Wildman–Crippen LogP) is 1.32. The fraction of sp³-hybridized carbons (Fsp3) is 0.500. The first-order valence-corrected chi connectivity index (χ1v) is 6.67. The van der Waals surface area contributed by atoms with Gasteiger partial charge >= 0.3 is 6.03 Å². The molecule has 2 amide bonds. The lowest BCUT2D eigenvalue weighted by Crippen LogP contribution is -2.30. The Balaban J connectivity index is 2.10. The molecule has 0 heterocycles. The Labute approximate surface area is 119 Å². The zero-order valence-electron chi connectivity index (χ0n) is 11.9. The molecule has 0 fully saturated rings. The van der Waals surface area contributed by atoms with Crippen LogP contribution in [0.4, 0.5) is 10.5 Å². The molecule has 0 spiro atoms. The quantitative estimate of drug-likeness (QED) is 0.596. The first-order valence-electron chi connectivity index (χ1n) is 6.67. The third kappa shape index (κ3) is 7.08. The molecule has 0 unspecified atom stereocenters. The molecule has 6 heteroatoms. The SMILES string of the molecule is COCCOCCCNC(=O)Nc1ccc(CN)cc1. The van der Waals surface area contributed by atoms with Crippen LogP contribution in [0.3, 0.4) is 0 Å². The van der Waals surface area contributed by atoms with E-state index in [0.29, 0.717) is 32.9 Å². The van der Waals surface area contributed by atoms with Gasteiger partial charge in [-0.2, -0.15) is 0 Å². The number of amides is 2. The highest BCUT2D eigenvalue weighted by Crippen LogP contribution is 2.08. The number of hydrogen-bond donors (Lipinski definition) is 3. The molecular weight excluding hydrogens is 258 g/mol. The highest BCUT2D eigenvalue weighted by atomic mass is 16.5. The van der Waals surface area contributed by atoms with Crippen molar-refractivity contribution < 1.29 is 14.3 Å². The van der Waals surface area contributed by atoms with Crippen LogP contribution in [0, 0.1) is 0 Å². The molecule has 1 rings (SSSR count). The van der Waals surface area contributed by atoms with Crippen LogP contribution in [0.15, 0.2) is 24.3 Å². The maximum atomic E-state index is 11.6. The van der Waals surface area contributed by atoms with Crippen molar-refractivity contribution >= 4 is 11.7 Å². The molecule has 0 aliphatic heterocycles. The average Bonchev–Trinajstić information content (AvgIpc) is 2.47. The van der Waals surface area contributed by atoms with Gasteiger partial charge < -0.3 is 25.8 Å². The summed E-state index contributed by atoms with van der Waals surface area (Å²) in [5, 5.41) is 5.52. The zero-order valence-corrected chi connectivity index (χ0v) is 11.9. The van der Waals surface area contributed by atoms with Crippen LogP contribution in [0.25, 0.3) is 0 Å². The van der Waals surface area contributed by atoms with Crippen molar-refractivity contribution in [3.05, 3.63) is 29.8 Å². The lowest BCUT2D eigenvalue weighted by Gasteiger charge is -2.08. The molecule has 1 aromatic carbocycles. The fourth-order valence-corrected chi connectivity index (χ4v) is 1.52. The summed E-state index contributed by atoms with van der Waals surface area (Å²) < 4.78 is 10.1. The molecule has 0 aliphatic carbocycles. The standard InChI is InChI=1S/C14H23N3O3/c1-19-9-10-20-8-2-7-16-14(18)17-13-5-3-12(11-15)4-6-13/h3-6H,2,7-11,15H2,1H3,(H2,16,17,18). The van der Waals surface area contributed by atoms with Crippen LogP contribution in [0.1, 0.15) is 12.0 Å². The van der Waals surface area contributed by atoms with E-state index >= 15 is 0 Å². The number of urea groups is 1. The minimum Gasteiger partial charge on any atom is -0.382 e. The number of carbonyl (C=O) groups excluding carboxylic acids is 1. The summed E-state index contributed by atoms with van der Waals surface area (Å²) in [7, 11) is 1.63. The summed E-state index contributed by atoms with van der Waals surface area (Å²) in [4.78, 5) is 11.6. The van der Waals surface area contributed by atoms with E-state index < -0.39 is 0 Å². The molecule has 0 bridgehead atoms. The molecule has 112 valence electrons. The van der Waals surface area contributed by atoms with Crippen LogP contribution in [-0.2, 0) is 16.0 Å². The van der Waals surface area contributed by atoms with Crippen molar-refractivity contribution in [3.8, 4) is 0 Å². The Morgan fingerprint density at radius 1 is 1.20 bits per heavy atom. The second-order valence-corrected chi connectivity index (χ2v) is 4.24. The third-order valence-corrected chi connectivity index (χ3v) is 2.63. The van der Waals surface area contributed by atoms with E-state index in [1.54, 1.807) is 7.11 Å². The van der Waals surface area contributed by atoms with E-state index in [1.165, 1.54) is 0 Å². The van der Waals surface area contributed by atoms with Gasteiger partial charge in [-0.1, -0.05) is 12.1 Å². The fourth-order valence-electron chi connectivity index (χ4n) is 1.52. The molecule has 6 nitrogen and oxygen atoms in total. The van der Waals surface area contributed by atoms with E-state index in [4.69, 9.17) is 15.2 Å². The zero-order chi connectivity index (χ0) is 14.6. The predicted molar refractivity (Wildman–Crippen MR) is 78.7 cm³/mol. The van der Waals surface area contributed by atoms with Crippen LogP contribution in [0.2, 0.25) is 0 Å². The van der Waals surface area contributed by atoms with Crippen molar-refractivity contribution in [2.75, 3.05) is 38.8 Å². The lowest BCUT2D eigenvalue weighted by atomic mass is 10.2. The van der Waals surface area contributed by atoms with E-state index in [0.717, 1.165) is 17.7 Å². The van der Waals surface area contributed by atoms with Gasteiger partial charge in [0.1, 0.15) is 0 Å². The van der Waals surface area contributed by atoms with Gasteiger partial charge in [0.15, 0.2) is 0 Å². The number of rotatable bonds is 9. The van der Waals surface area contributed by atoms with Gasteiger partial charge in [0, 0.05) is 32.5 Å². The third-order valence-electron chi connectivity index (χ3n) is 2.63. The molecule has 0 radical (unpaired) electrons. The molecule has 4 N–H and O–H groups in total. The Kier molecular flexibility index (Phi) is 8.37. The van der Waals surface area contributed by atoms with Crippen molar-refractivity contribution in [1.82, 2.24) is 5.32 Å². The van der Waals surface area contributed by atoms with Gasteiger partial charge in [-0.05, 0) is 24.1 Å². The van der Waals surface area contributed by atoms with Gasteiger partial charge in [0.05, 0.1) is 13.2 Å². The Bertz CT molecular complexity index is 382. The summed E-state index contributed by atoms with van der Waals surface area (Å²) in [6.07, 6.45) is 0.767. The number of benzene rings is 1. The molecule has 1 aromatic rings. The molecule has 0 atom stereocenters. The smallest absolute Gasteiger partial charge is 0.319 e. The molecular formula is C14H23N3O3. The highest BCUT2D eigenvalue weighted by Gasteiger charge is 2.00. The summed E-state index contributed by atoms with van der Waals surface area (Å²) >= 11 is 0. The molecule has 0 saturated heterocycles. The summed E-state index contributed by atoms with van der Waals surface area (Å²) in [5.74, 6) is 0. The number of anilines is 1. The number of nitrogens with two attached hydrogens (primary N) is 1. The molecule has 20 heavy (non-hydrogen) atoms. The second kappa shape index (κ2) is 10.2. The maximum absolute atomic E-state index is 11.6. The van der Waals surface area contributed by atoms with E-state index in [-0.39, 0.29) is 6.03 Å². The minimum absolute atomic E-state index is 0.220. The number of nitrogens with one attached hydrogen (secondary N) is 2. The Morgan fingerprint density at radius 2 is 1.95 bits per heavy atom. The second-order valence-electron chi connectivity index (χ2n) is 4.24. The van der Waals surface area contributed by atoms with Crippen LogP contribution in [0.5, 0.6) is 0 Å². The van der Waals surface area contributed by atoms with Gasteiger partial charge in [-0.25, -0.2) is 4.79 Å². The van der Waals surface area contributed by atoms with E-state index in [2.05, 4.69) is 10.6 Å². The Hall–Kier alpha value is -1.63. The van der Waals surface area contributed by atoms with Gasteiger partial charge in [-0.15, -0.1) is 0 Å². The maximum Gasteiger partial charge on any atom is 0.319 e. The van der Waals surface area contributed by atoms with Gasteiger partial charge in [-0.3, -0.25) is 0 Å². The largest absolute Gasteiger partial charge is 0.382 e. The first-order chi connectivity index (χ1) is 9.76. The normalized spacial score (nSPS) is 10.3.